The number of aromatic hydroxyl groups is 1. The number of furan rings is 1. The van der Waals surface area contributed by atoms with Crippen molar-refractivity contribution in [3.63, 3.8) is 0 Å². The van der Waals surface area contributed by atoms with Crippen LogP contribution in [0.4, 0.5) is 0 Å². The number of aromatic nitrogens is 4. The molecule has 0 aliphatic heterocycles. The molecule has 273 valence electrons. The van der Waals surface area contributed by atoms with Crippen molar-refractivity contribution in [2.75, 3.05) is 0 Å². The molecule has 4 aromatic heterocycles. The normalized spacial score (nSPS) is 11.5. The summed E-state index contributed by atoms with van der Waals surface area (Å²) < 4.78 is 10.8. The smallest absolute Gasteiger partial charge is 0.127 e. The SMILES string of the molecule is CC(C)c1cccc(C(C)C)c1-n1c(-c2[c-]ccc3c2oc2ccccc23)nc2ccccc21.Oc1cccc2c1c1ncccc1n2-c1ccccc1.[Ir]. The van der Waals surface area contributed by atoms with E-state index in [1.807, 2.05) is 66.7 Å². The van der Waals surface area contributed by atoms with Crippen LogP contribution in [0.15, 0.2) is 150 Å². The Morgan fingerprint density at radius 2 is 1.31 bits per heavy atom. The second-order valence-corrected chi connectivity index (χ2v) is 14.3. The Morgan fingerprint density at radius 3 is 2.09 bits per heavy atom. The summed E-state index contributed by atoms with van der Waals surface area (Å²) in [6.07, 6.45) is 1.75. The molecular weight excluding hydrogens is 857 g/mol. The van der Waals surface area contributed by atoms with Crippen LogP contribution in [0.3, 0.4) is 0 Å². The van der Waals surface area contributed by atoms with E-state index in [0.717, 1.165) is 72.0 Å². The van der Waals surface area contributed by atoms with Gasteiger partial charge in [0.1, 0.15) is 16.8 Å². The summed E-state index contributed by atoms with van der Waals surface area (Å²) in [6, 6.07) is 50.4. The fraction of sp³-hybridized carbons (Fsp3) is 0.125. The van der Waals surface area contributed by atoms with Crippen LogP contribution < -0.4 is 0 Å². The molecule has 6 aromatic carbocycles. The number of benzene rings is 6. The first-order valence-electron chi connectivity index (χ1n) is 18.5. The van der Waals surface area contributed by atoms with Crippen molar-refractivity contribution in [2.24, 2.45) is 0 Å². The zero-order valence-electron chi connectivity index (χ0n) is 31.0. The molecule has 0 saturated heterocycles. The first kappa shape index (κ1) is 36.0. The number of para-hydroxylation sites is 5. The molecule has 0 spiro atoms. The van der Waals surface area contributed by atoms with Gasteiger partial charge < -0.3 is 18.7 Å². The Bertz CT molecular complexity index is 2950. The molecule has 0 fully saturated rings. The van der Waals surface area contributed by atoms with Gasteiger partial charge in [-0.3, -0.25) is 9.97 Å². The first-order valence-corrected chi connectivity index (χ1v) is 18.5. The standard InChI is InChI=1S/C31H27N2O.C17H12N2O.Ir/c1-19(2)21-12-9-13-22(20(3)4)29(21)33-27-17-7-6-16-26(27)32-31(33)25-15-10-14-24-23-11-5-8-18-28(23)34-30(24)25;20-15-10-4-8-13-16(15)17-14(9-5-11-18-17)19(13)12-6-2-1-3-7-12;/h5-14,16-20H,1-4H3;1-11,20H;/q-1;;. The van der Waals surface area contributed by atoms with Gasteiger partial charge in [0, 0.05) is 43.1 Å². The van der Waals surface area contributed by atoms with Crippen LogP contribution in [-0.4, -0.2) is 24.2 Å². The van der Waals surface area contributed by atoms with Gasteiger partial charge in [0.05, 0.1) is 38.9 Å². The Hall–Kier alpha value is -6.01. The van der Waals surface area contributed by atoms with Crippen molar-refractivity contribution < 1.29 is 29.6 Å². The Kier molecular flexibility index (Phi) is 9.60. The fourth-order valence-corrected chi connectivity index (χ4v) is 7.76. The van der Waals surface area contributed by atoms with Crippen LogP contribution in [-0.2, 0) is 20.1 Å². The van der Waals surface area contributed by atoms with Crippen molar-refractivity contribution in [2.45, 2.75) is 39.5 Å². The number of rotatable bonds is 5. The van der Waals surface area contributed by atoms with Crippen LogP contribution in [0, 0.1) is 6.07 Å². The molecule has 7 heteroatoms. The second-order valence-electron chi connectivity index (χ2n) is 14.3. The molecule has 0 bridgehead atoms. The minimum Gasteiger partial charge on any atom is -0.507 e. The summed E-state index contributed by atoms with van der Waals surface area (Å²) in [5, 5.41) is 13.2. The van der Waals surface area contributed by atoms with E-state index in [0.29, 0.717) is 11.8 Å². The number of phenols is 1. The van der Waals surface area contributed by atoms with Crippen molar-refractivity contribution in [3.8, 4) is 28.5 Å². The Morgan fingerprint density at radius 1 is 0.636 bits per heavy atom. The molecular formula is C48H39IrN4O2-. The number of phenolic OH excluding ortho intramolecular Hbond substituents is 1. The average molecular weight is 896 g/mol. The van der Waals surface area contributed by atoms with E-state index in [4.69, 9.17) is 9.40 Å². The number of hydrogen-bond acceptors (Lipinski definition) is 4. The Labute approximate surface area is 333 Å². The van der Waals surface area contributed by atoms with Crippen LogP contribution in [0.2, 0.25) is 0 Å². The topological polar surface area (TPSA) is 69.0 Å². The van der Waals surface area contributed by atoms with E-state index in [1.54, 1.807) is 12.3 Å². The predicted molar refractivity (Wildman–Crippen MR) is 221 cm³/mol. The molecule has 10 rings (SSSR count). The molecule has 0 saturated carbocycles. The molecule has 6 nitrogen and oxygen atoms in total. The Balaban J connectivity index is 0.000000173. The molecule has 1 N–H and O–H groups in total. The van der Waals surface area contributed by atoms with Crippen LogP contribution in [0.5, 0.6) is 5.75 Å². The third-order valence-corrected chi connectivity index (χ3v) is 10.2. The van der Waals surface area contributed by atoms with Crippen LogP contribution >= 0.6 is 0 Å². The van der Waals surface area contributed by atoms with Crippen LogP contribution in [0.1, 0.15) is 50.7 Å². The molecule has 10 aromatic rings. The molecule has 0 amide bonds. The van der Waals surface area contributed by atoms with Gasteiger partial charge in [0.25, 0.3) is 0 Å². The summed E-state index contributed by atoms with van der Waals surface area (Å²) in [5.41, 5.74) is 12.3. The first-order chi connectivity index (χ1) is 26.4. The van der Waals surface area contributed by atoms with Gasteiger partial charge in [-0.05, 0) is 77.6 Å². The fourth-order valence-electron chi connectivity index (χ4n) is 7.76. The summed E-state index contributed by atoms with van der Waals surface area (Å²) in [5.74, 6) is 1.86. The maximum Gasteiger partial charge on any atom is 0.127 e. The third kappa shape index (κ3) is 6.10. The molecule has 0 aliphatic carbocycles. The summed E-state index contributed by atoms with van der Waals surface area (Å²) in [4.78, 5) is 9.59. The van der Waals surface area contributed by atoms with Gasteiger partial charge in [-0.2, -0.15) is 0 Å². The van der Waals surface area contributed by atoms with E-state index in [-0.39, 0.29) is 25.9 Å². The van der Waals surface area contributed by atoms with Crippen molar-refractivity contribution in [3.05, 3.63) is 163 Å². The van der Waals surface area contributed by atoms with Crippen molar-refractivity contribution in [1.29, 1.82) is 0 Å². The summed E-state index contributed by atoms with van der Waals surface area (Å²) >= 11 is 0. The quantitative estimate of drug-likeness (QED) is 0.175. The van der Waals surface area contributed by atoms with Gasteiger partial charge in [0.15, 0.2) is 0 Å². The molecule has 0 unspecified atom stereocenters. The van der Waals surface area contributed by atoms with Crippen molar-refractivity contribution >= 4 is 54.9 Å². The predicted octanol–water partition coefficient (Wildman–Crippen LogP) is 12.5. The zero-order chi connectivity index (χ0) is 36.9. The van der Waals surface area contributed by atoms with E-state index in [1.165, 1.54) is 16.8 Å². The van der Waals surface area contributed by atoms with E-state index < -0.39 is 0 Å². The second kappa shape index (κ2) is 14.7. The van der Waals surface area contributed by atoms with Gasteiger partial charge in [0.2, 0.25) is 0 Å². The third-order valence-electron chi connectivity index (χ3n) is 10.2. The van der Waals surface area contributed by atoms with Gasteiger partial charge in [-0.25, -0.2) is 0 Å². The molecule has 1 radical (unpaired) electrons. The minimum absolute atomic E-state index is 0. The monoisotopic (exact) mass is 896 g/mol. The number of pyridine rings is 1. The maximum atomic E-state index is 10.2. The molecule has 55 heavy (non-hydrogen) atoms. The van der Waals surface area contributed by atoms with Gasteiger partial charge in [-0.15, -0.1) is 18.2 Å². The number of hydrogen-bond donors (Lipinski definition) is 1. The van der Waals surface area contributed by atoms with Gasteiger partial charge in [-0.1, -0.05) is 111 Å². The van der Waals surface area contributed by atoms with E-state index in [2.05, 4.69) is 115 Å². The van der Waals surface area contributed by atoms with Gasteiger partial charge >= 0.3 is 0 Å². The molecule has 4 heterocycles. The minimum atomic E-state index is 0. The van der Waals surface area contributed by atoms with E-state index >= 15 is 0 Å². The average Bonchev–Trinajstić information content (AvgIpc) is 3.88. The van der Waals surface area contributed by atoms with Crippen molar-refractivity contribution in [1.82, 2.24) is 19.1 Å². The summed E-state index contributed by atoms with van der Waals surface area (Å²) in [7, 11) is 0. The number of nitrogens with zero attached hydrogens (tertiary/aromatic N) is 4. The number of imidazole rings is 1. The largest absolute Gasteiger partial charge is 0.507 e. The van der Waals surface area contributed by atoms with Crippen LogP contribution in [0.25, 0.3) is 77.7 Å². The maximum absolute atomic E-state index is 10.2. The van der Waals surface area contributed by atoms with E-state index in [9.17, 15) is 5.11 Å². The summed E-state index contributed by atoms with van der Waals surface area (Å²) in [6.45, 7) is 9.03. The molecule has 0 atom stereocenters. The molecule has 0 aliphatic rings. The zero-order valence-corrected chi connectivity index (χ0v) is 33.4. The number of fused-ring (bicyclic) bond motifs is 7.